The van der Waals surface area contributed by atoms with E-state index >= 15 is 0 Å². The Balaban J connectivity index is 2.25. The summed E-state index contributed by atoms with van der Waals surface area (Å²) < 4.78 is 0. The summed E-state index contributed by atoms with van der Waals surface area (Å²) in [6.07, 6.45) is 2.24. The van der Waals surface area contributed by atoms with Gasteiger partial charge in [-0.1, -0.05) is 32.0 Å². The zero-order valence-corrected chi connectivity index (χ0v) is 18.1. The Bertz CT molecular complexity index is 913. The first kappa shape index (κ1) is 21.5. The predicted molar refractivity (Wildman–Crippen MR) is 111 cm³/mol. The highest BCUT2D eigenvalue weighted by molar-refractivity contribution is 8.00. The van der Waals surface area contributed by atoms with Crippen LogP contribution >= 0.6 is 23.1 Å². The van der Waals surface area contributed by atoms with Crippen molar-refractivity contribution in [3.63, 3.8) is 0 Å². The summed E-state index contributed by atoms with van der Waals surface area (Å²) >= 11 is 2.78. The van der Waals surface area contributed by atoms with E-state index in [0.29, 0.717) is 29.4 Å². The third-order valence-electron chi connectivity index (χ3n) is 4.66. The molecule has 2 rings (SSSR count). The number of H-pyrrole nitrogens is 1. The van der Waals surface area contributed by atoms with Crippen molar-refractivity contribution in [1.82, 2.24) is 14.9 Å². The number of thiophene rings is 1. The maximum atomic E-state index is 12.7. The fraction of sp³-hybridized carbons (Fsp3) is 0.579. The van der Waals surface area contributed by atoms with Crippen molar-refractivity contribution in [1.29, 1.82) is 5.26 Å². The maximum absolute atomic E-state index is 12.7. The van der Waals surface area contributed by atoms with Crippen molar-refractivity contribution in [2.24, 2.45) is 5.92 Å². The Kier molecular flexibility index (Phi) is 7.45. The number of nitriles is 1. The second kappa shape index (κ2) is 9.38. The molecule has 0 spiro atoms. The molecule has 146 valence electrons. The molecule has 1 N–H and O–H groups in total. The number of aryl methyl sites for hydroxylation is 1. The van der Waals surface area contributed by atoms with Gasteiger partial charge in [0.15, 0.2) is 5.16 Å². The quantitative estimate of drug-likeness (QED) is 0.533. The number of hydrogen-bond acceptors (Lipinski definition) is 6. The molecule has 27 heavy (non-hydrogen) atoms. The summed E-state index contributed by atoms with van der Waals surface area (Å²) in [6, 6.07) is 2.04. The lowest BCUT2D eigenvalue weighted by Crippen LogP contribution is -2.34. The van der Waals surface area contributed by atoms with E-state index < -0.39 is 5.25 Å². The number of aromatic amines is 1. The van der Waals surface area contributed by atoms with Gasteiger partial charge in [0.05, 0.1) is 23.1 Å². The largest absolute Gasteiger partial charge is 0.344 e. The minimum Gasteiger partial charge on any atom is -0.344 e. The van der Waals surface area contributed by atoms with Crippen LogP contribution in [0.2, 0.25) is 0 Å². The van der Waals surface area contributed by atoms with Crippen LogP contribution in [0.4, 0.5) is 0 Å². The van der Waals surface area contributed by atoms with Gasteiger partial charge in [-0.2, -0.15) is 5.26 Å². The number of hydrogen-bond donors (Lipinski definition) is 1. The zero-order chi connectivity index (χ0) is 20.1. The summed E-state index contributed by atoms with van der Waals surface area (Å²) in [5.74, 6) is 0.425. The molecular formula is C19H26N4O2S2. The molecule has 0 aliphatic heterocycles. The molecule has 0 aliphatic rings. The summed E-state index contributed by atoms with van der Waals surface area (Å²) in [4.78, 5) is 35.9. The van der Waals surface area contributed by atoms with Crippen molar-refractivity contribution in [3.8, 4) is 6.07 Å². The average Bonchev–Trinajstić information content (AvgIpc) is 2.94. The van der Waals surface area contributed by atoms with E-state index in [1.165, 1.54) is 28.0 Å². The molecule has 2 atom stereocenters. The first-order valence-corrected chi connectivity index (χ1v) is 10.8. The summed E-state index contributed by atoms with van der Waals surface area (Å²) in [7, 11) is 1.68. The van der Waals surface area contributed by atoms with E-state index in [9.17, 15) is 9.59 Å². The normalized spacial score (nSPS) is 13.3. The first-order chi connectivity index (χ1) is 12.8. The van der Waals surface area contributed by atoms with Crippen molar-refractivity contribution in [3.05, 3.63) is 20.8 Å². The molecule has 0 aliphatic carbocycles. The van der Waals surface area contributed by atoms with E-state index in [1.807, 2.05) is 13.0 Å². The minimum absolute atomic E-state index is 0.0854. The van der Waals surface area contributed by atoms with E-state index in [1.54, 1.807) is 14.0 Å². The molecule has 0 saturated carbocycles. The third kappa shape index (κ3) is 5.11. The van der Waals surface area contributed by atoms with Crippen molar-refractivity contribution in [2.75, 3.05) is 13.6 Å². The second-order valence-electron chi connectivity index (χ2n) is 6.83. The fourth-order valence-electron chi connectivity index (χ4n) is 2.81. The van der Waals surface area contributed by atoms with Crippen LogP contribution in [-0.4, -0.2) is 39.6 Å². The Morgan fingerprint density at radius 1 is 1.44 bits per heavy atom. The Labute approximate surface area is 168 Å². The van der Waals surface area contributed by atoms with Crippen LogP contribution in [0.5, 0.6) is 0 Å². The highest BCUT2D eigenvalue weighted by atomic mass is 32.2. The van der Waals surface area contributed by atoms with Gasteiger partial charge in [0.25, 0.3) is 5.56 Å². The molecule has 2 heterocycles. The number of amides is 1. The molecule has 8 heteroatoms. The fourth-order valence-corrected chi connectivity index (χ4v) is 4.83. The van der Waals surface area contributed by atoms with Crippen LogP contribution in [0.15, 0.2) is 9.95 Å². The van der Waals surface area contributed by atoms with Gasteiger partial charge in [-0.3, -0.25) is 9.59 Å². The van der Waals surface area contributed by atoms with Crippen molar-refractivity contribution < 1.29 is 4.79 Å². The molecule has 0 radical (unpaired) electrons. The molecule has 0 saturated heterocycles. The van der Waals surface area contributed by atoms with Gasteiger partial charge in [0, 0.05) is 18.5 Å². The average molecular weight is 407 g/mol. The van der Waals surface area contributed by atoms with Crippen LogP contribution in [0, 0.1) is 24.2 Å². The number of fused-ring (bicyclic) bond motifs is 1. The van der Waals surface area contributed by atoms with Crippen LogP contribution in [-0.2, 0) is 11.2 Å². The van der Waals surface area contributed by atoms with Gasteiger partial charge in [-0.05, 0) is 31.7 Å². The number of carbonyl (C=O) groups is 1. The van der Waals surface area contributed by atoms with E-state index in [4.69, 9.17) is 5.26 Å². The third-order valence-corrected chi connectivity index (χ3v) is 6.68. The lowest BCUT2D eigenvalue weighted by Gasteiger charge is -2.19. The monoisotopic (exact) mass is 406 g/mol. The molecule has 0 fully saturated rings. The highest BCUT2D eigenvalue weighted by Crippen LogP contribution is 2.31. The Morgan fingerprint density at radius 3 is 2.78 bits per heavy atom. The standard InChI is InChI=1S/C19H26N4O2S2/c1-6-11(2)10-14-12(3)26-17-15(14)16(24)21-19(22-17)27-13(4)18(25)23(5)9-7-8-20/h11,13H,6-7,9-10H2,1-5H3,(H,21,22,24)/t11-,13+/m1/s1. The van der Waals surface area contributed by atoms with E-state index in [2.05, 4.69) is 23.8 Å². The molecule has 6 nitrogen and oxygen atoms in total. The van der Waals surface area contributed by atoms with Crippen LogP contribution in [0.1, 0.15) is 44.1 Å². The first-order valence-electron chi connectivity index (χ1n) is 9.09. The Morgan fingerprint density at radius 2 is 2.15 bits per heavy atom. The number of carbonyl (C=O) groups excluding carboxylic acids is 1. The molecule has 1 amide bonds. The molecule has 2 aromatic rings. The van der Waals surface area contributed by atoms with Crippen LogP contribution < -0.4 is 5.56 Å². The van der Waals surface area contributed by atoms with Crippen LogP contribution in [0.25, 0.3) is 10.2 Å². The highest BCUT2D eigenvalue weighted by Gasteiger charge is 2.21. The SMILES string of the molecule is CC[C@@H](C)Cc1c(C)sc2nc(S[C@@H](C)C(=O)N(C)CCC#N)[nH]c(=O)c12. The second-order valence-corrected chi connectivity index (χ2v) is 9.37. The van der Waals surface area contributed by atoms with Gasteiger partial charge >= 0.3 is 0 Å². The lowest BCUT2D eigenvalue weighted by atomic mass is 9.98. The van der Waals surface area contributed by atoms with Gasteiger partial charge < -0.3 is 9.88 Å². The summed E-state index contributed by atoms with van der Waals surface area (Å²) in [5.41, 5.74) is 0.956. The van der Waals surface area contributed by atoms with Gasteiger partial charge in [0.1, 0.15) is 4.83 Å². The predicted octanol–water partition coefficient (Wildman–Crippen LogP) is 3.73. The number of aromatic nitrogens is 2. The minimum atomic E-state index is -0.394. The smallest absolute Gasteiger partial charge is 0.260 e. The van der Waals surface area contributed by atoms with Gasteiger partial charge in [0.2, 0.25) is 5.91 Å². The zero-order valence-electron chi connectivity index (χ0n) is 16.5. The molecule has 2 aromatic heterocycles. The maximum Gasteiger partial charge on any atom is 0.260 e. The lowest BCUT2D eigenvalue weighted by molar-refractivity contribution is -0.128. The molecule has 0 bridgehead atoms. The van der Waals surface area contributed by atoms with Crippen molar-refractivity contribution >= 4 is 39.2 Å². The van der Waals surface area contributed by atoms with Crippen molar-refractivity contribution in [2.45, 2.75) is 57.4 Å². The molecule has 0 aromatic carbocycles. The summed E-state index contributed by atoms with van der Waals surface area (Å²) in [5, 5.41) is 9.41. The number of nitrogens with one attached hydrogen (secondary N) is 1. The van der Waals surface area contributed by atoms with Gasteiger partial charge in [-0.15, -0.1) is 11.3 Å². The number of nitrogens with zero attached hydrogens (tertiary/aromatic N) is 3. The molecular weight excluding hydrogens is 380 g/mol. The molecule has 0 unspecified atom stereocenters. The number of thioether (sulfide) groups is 1. The summed E-state index contributed by atoms with van der Waals surface area (Å²) in [6.45, 7) is 8.55. The number of rotatable bonds is 8. The van der Waals surface area contributed by atoms with Crippen LogP contribution in [0.3, 0.4) is 0 Å². The Hall–Kier alpha value is -1.85. The van der Waals surface area contributed by atoms with E-state index in [0.717, 1.165) is 28.1 Å². The topological polar surface area (TPSA) is 89.8 Å². The van der Waals surface area contributed by atoms with E-state index in [-0.39, 0.29) is 11.5 Å². The van der Waals surface area contributed by atoms with Gasteiger partial charge in [-0.25, -0.2) is 4.98 Å².